The molecular formula is C18H19N5O3. The number of carbonyl (C=O) groups excluding carboxylic acids is 2. The molecule has 0 bridgehead atoms. The van der Waals surface area contributed by atoms with Gasteiger partial charge in [-0.25, -0.2) is 4.98 Å². The van der Waals surface area contributed by atoms with Crippen molar-refractivity contribution >= 4 is 11.8 Å². The summed E-state index contributed by atoms with van der Waals surface area (Å²) in [6.07, 6.45) is 3.26. The number of carbonyl (C=O) groups is 2. The van der Waals surface area contributed by atoms with Crippen molar-refractivity contribution in [3.8, 4) is 6.07 Å². The molecule has 0 fully saturated rings. The van der Waals surface area contributed by atoms with Crippen molar-refractivity contribution in [1.29, 1.82) is 5.26 Å². The zero-order valence-corrected chi connectivity index (χ0v) is 14.4. The Kier molecular flexibility index (Phi) is 5.29. The average Bonchev–Trinajstić information content (AvgIpc) is 3.15. The van der Waals surface area contributed by atoms with Gasteiger partial charge >= 0.3 is 0 Å². The monoisotopic (exact) mass is 353 g/mol. The van der Waals surface area contributed by atoms with Gasteiger partial charge in [0.2, 0.25) is 5.91 Å². The van der Waals surface area contributed by atoms with E-state index in [1.54, 1.807) is 53.4 Å². The van der Waals surface area contributed by atoms with Crippen molar-refractivity contribution in [2.45, 2.75) is 12.6 Å². The molecular weight excluding hydrogens is 334 g/mol. The van der Waals surface area contributed by atoms with Crippen LogP contribution in [0.15, 0.2) is 36.8 Å². The summed E-state index contributed by atoms with van der Waals surface area (Å²) in [5.74, 6) is -0.409. The van der Waals surface area contributed by atoms with E-state index in [0.29, 0.717) is 30.8 Å². The summed E-state index contributed by atoms with van der Waals surface area (Å²) in [7, 11) is 1.57. The predicted molar refractivity (Wildman–Crippen MR) is 92.0 cm³/mol. The van der Waals surface area contributed by atoms with Crippen molar-refractivity contribution in [3.63, 3.8) is 0 Å². The van der Waals surface area contributed by atoms with Crippen LogP contribution in [0.1, 0.15) is 27.7 Å². The second kappa shape index (κ2) is 7.80. The largest absolute Gasteiger partial charge is 0.383 e. The smallest absolute Gasteiger partial charge is 0.254 e. The number of nitrogens with zero attached hydrogens (tertiary/aromatic N) is 4. The van der Waals surface area contributed by atoms with Gasteiger partial charge < -0.3 is 19.5 Å². The van der Waals surface area contributed by atoms with Crippen LogP contribution in [0.25, 0.3) is 0 Å². The molecule has 26 heavy (non-hydrogen) atoms. The van der Waals surface area contributed by atoms with Crippen molar-refractivity contribution < 1.29 is 14.3 Å². The number of hydrogen-bond acceptors (Lipinski definition) is 5. The Morgan fingerprint density at radius 3 is 3.08 bits per heavy atom. The highest BCUT2D eigenvalue weighted by Gasteiger charge is 2.32. The maximum absolute atomic E-state index is 12.9. The molecule has 0 radical (unpaired) electrons. The number of aromatic nitrogens is 2. The minimum absolute atomic E-state index is 0.190. The third-order valence-electron chi connectivity index (χ3n) is 4.26. The molecule has 1 N–H and O–H groups in total. The zero-order chi connectivity index (χ0) is 18.5. The molecule has 1 aliphatic heterocycles. The van der Waals surface area contributed by atoms with Crippen molar-refractivity contribution in [3.05, 3.63) is 53.6 Å². The van der Waals surface area contributed by atoms with Crippen molar-refractivity contribution in [2.75, 3.05) is 26.8 Å². The predicted octanol–water partition coefficient (Wildman–Crippen LogP) is 0.714. The second-order valence-electron chi connectivity index (χ2n) is 5.97. The molecule has 2 heterocycles. The molecule has 0 spiro atoms. The first-order chi connectivity index (χ1) is 12.6. The van der Waals surface area contributed by atoms with Gasteiger partial charge in [0.05, 0.1) is 43.4 Å². The normalized spacial score (nSPS) is 15.8. The van der Waals surface area contributed by atoms with Gasteiger partial charge in [-0.05, 0) is 18.2 Å². The molecule has 2 aromatic rings. The highest BCUT2D eigenvalue weighted by Crippen LogP contribution is 2.23. The third kappa shape index (κ3) is 3.58. The molecule has 8 nitrogen and oxygen atoms in total. The molecule has 0 aliphatic carbocycles. The first kappa shape index (κ1) is 17.6. The number of amides is 2. The number of ether oxygens (including phenoxy) is 1. The SMILES string of the molecule is COCCNC(=O)[C@H]1CN(C(=O)c2cccc(C#N)c2)Cc2cncn21. The highest BCUT2D eigenvalue weighted by molar-refractivity contribution is 5.95. The summed E-state index contributed by atoms with van der Waals surface area (Å²) in [5, 5.41) is 11.8. The van der Waals surface area contributed by atoms with E-state index in [1.807, 2.05) is 6.07 Å². The Morgan fingerprint density at radius 2 is 2.31 bits per heavy atom. The van der Waals surface area contributed by atoms with Gasteiger partial charge in [-0.3, -0.25) is 9.59 Å². The number of fused-ring (bicyclic) bond motifs is 1. The summed E-state index contributed by atoms with van der Waals surface area (Å²) in [4.78, 5) is 31.1. The van der Waals surface area contributed by atoms with Crippen LogP contribution in [0.3, 0.4) is 0 Å². The third-order valence-corrected chi connectivity index (χ3v) is 4.26. The number of nitrogens with one attached hydrogen (secondary N) is 1. The number of hydrogen-bond donors (Lipinski definition) is 1. The van der Waals surface area contributed by atoms with Crippen LogP contribution in [-0.4, -0.2) is 53.1 Å². The van der Waals surface area contributed by atoms with E-state index in [0.717, 1.165) is 5.69 Å². The van der Waals surface area contributed by atoms with Gasteiger partial charge in [0, 0.05) is 25.4 Å². The molecule has 0 saturated carbocycles. The van der Waals surface area contributed by atoms with Crippen LogP contribution < -0.4 is 5.32 Å². The first-order valence-electron chi connectivity index (χ1n) is 8.21. The lowest BCUT2D eigenvalue weighted by Crippen LogP contribution is -2.47. The van der Waals surface area contributed by atoms with Gasteiger partial charge in [0.25, 0.3) is 5.91 Å². The number of rotatable bonds is 5. The van der Waals surface area contributed by atoms with Gasteiger partial charge in [-0.1, -0.05) is 6.07 Å². The summed E-state index contributed by atoms with van der Waals surface area (Å²) in [5.41, 5.74) is 1.63. The minimum Gasteiger partial charge on any atom is -0.383 e. The Bertz CT molecular complexity index is 855. The molecule has 1 aromatic carbocycles. The number of nitriles is 1. The number of methoxy groups -OCH3 is 1. The molecule has 1 aliphatic rings. The Balaban J connectivity index is 1.81. The standard InChI is InChI=1S/C18H19N5O3/c1-26-6-5-21-17(24)16-11-22(10-15-9-20-12-23(15)16)18(25)14-4-2-3-13(7-14)8-19/h2-4,7,9,12,16H,5-6,10-11H2,1H3,(H,21,24)/t16-/m1/s1. The van der Waals surface area contributed by atoms with Crippen molar-refractivity contribution in [2.24, 2.45) is 0 Å². The van der Waals surface area contributed by atoms with Crippen LogP contribution in [0, 0.1) is 11.3 Å². The van der Waals surface area contributed by atoms with E-state index >= 15 is 0 Å². The van der Waals surface area contributed by atoms with Gasteiger partial charge in [0.1, 0.15) is 6.04 Å². The zero-order valence-electron chi connectivity index (χ0n) is 14.4. The molecule has 134 valence electrons. The second-order valence-corrected chi connectivity index (χ2v) is 5.97. The quantitative estimate of drug-likeness (QED) is 0.798. The summed E-state index contributed by atoms with van der Waals surface area (Å²) >= 11 is 0. The minimum atomic E-state index is -0.554. The van der Waals surface area contributed by atoms with Crippen LogP contribution in [0.5, 0.6) is 0 Å². The maximum atomic E-state index is 12.9. The van der Waals surface area contributed by atoms with Crippen molar-refractivity contribution in [1.82, 2.24) is 19.8 Å². The van der Waals surface area contributed by atoms with Gasteiger partial charge in [0.15, 0.2) is 0 Å². The fourth-order valence-corrected chi connectivity index (χ4v) is 2.95. The summed E-state index contributed by atoms with van der Waals surface area (Å²) < 4.78 is 6.74. The fraction of sp³-hybridized carbons (Fsp3) is 0.333. The van der Waals surface area contributed by atoms with E-state index in [4.69, 9.17) is 10.00 Å². The van der Waals surface area contributed by atoms with E-state index in [-0.39, 0.29) is 18.4 Å². The Hall–Kier alpha value is -3.18. The fourth-order valence-electron chi connectivity index (χ4n) is 2.95. The first-order valence-corrected chi connectivity index (χ1v) is 8.21. The molecule has 2 amide bonds. The lowest BCUT2D eigenvalue weighted by molar-refractivity contribution is -0.125. The van der Waals surface area contributed by atoms with Crippen LogP contribution in [0.2, 0.25) is 0 Å². The molecule has 1 atom stereocenters. The summed E-state index contributed by atoms with van der Waals surface area (Å²) in [6.45, 7) is 1.40. The van der Waals surface area contributed by atoms with Gasteiger partial charge in [-0.15, -0.1) is 0 Å². The van der Waals surface area contributed by atoms with Crippen LogP contribution in [0.4, 0.5) is 0 Å². The summed E-state index contributed by atoms with van der Waals surface area (Å²) in [6, 6.07) is 8.03. The Labute approximate surface area is 151 Å². The number of benzene rings is 1. The van der Waals surface area contributed by atoms with E-state index < -0.39 is 6.04 Å². The lowest BCUT2D eigenvalue weighted by Gasteiger charge is -2.33. The molecule has 0 saturated heterocycles. The lowest BCUT2D eigenvalue weighted by atomic mass is 10.1. The molecule has 8 heteroatoms. The average molecular weight is 353 g/mol. The van der Waals surface area contributed by atoms with Crippen LogP contribution in [-0.2, 0) is 16.1 Å². The van der Waals surface area contributed by atoms with E-state index in [1.165, 1.54) is 0 Å². The van der Waals surface area contributed by atoms with E-state index in [9.17, 15) is 9.59 Å². The van der Waals surface area contributed by atoms with Crippen LogP contribution >= 0.6 is 0 Å². The highest BCUT2D eigenvalue weighted by atomic mass is 16.5. The molecule has 3 rings (SSSR count). The number of imidazole rings is 1. The molecule has 1 aromatic heterocycles. The van der Waals surface area contributed by atoms with E-state index in [2.05, 4.69) is 10.3 Å². The maximum Gasteiger partial charge on any atom is 0.254 e. The van der Waals surface area contributed by atoms with Gasteiger partial charge in [-0.2, -0.15) is 5.26 Å². The molecule has 0 unspecified atom stereocenters. The topological polar surface area (TPSA) is 100 Å². The Morgan fingerprint density at radius 1 is 1.46 bits per heavy atom.